The summed E-state index contributed by atoms with van der Waals surface area (Å²) >= 11 is 5.21. The van der Waals surface area contributed by atoms with E-state index in [9.17, 15) is 8.78 Å². The second-order valence-corrected chi connectivity index (χ2v) is 5.92. The Morgan fingerprint density at radius 2 is 1.78 bits per heavy atom. The summed E-state index contributed by atoms with van der Waals surface area (Å²) in [6.07, 6.45) is 0.797. The fourth-order valence-corrected chi connectivity index (χ4v) is 2.79. The quantitative estimate of drug-likeness (QED) is 0.768. The molecule has 0 amide bonds. The third-order valence-corrected chi connectivity index (χ3v) is 3.94. The summed E-state index contributed by atoms with van der Waals surface area (Å²) in [5.41, 5.74) is 3.23. The van der Waals surface area contributed by atoms with Gasteiger partial charge < -0.3 is 10.6 Å². The molecule has 2 aromatic carbocycles. The zero-order valence-corrected chi connectivity index (χ0v) is 14.2. The van der Waals surface area contributed by atoms with Gasteiger partial charge in [0, 0.05) is 0 Å². The van der Waals surface area contributed by atoms with Crippen molar-refractivity contribution in [3.63, 3.8) is 0 Å². The van der Waals surface area contributed by atoms with Crippen molar-refractivity contribution in [1.82, 2.24) is 5.32 Å². The first kappa shape index (κ1) is 17.3. The fourth-order valence-electron chi connectivity index (χ4n) is 2.54. The molecule has 0 spiro atoms. The lowest BCUT2D eigenvalue weighted by Crippen LogP contribution is -2.33. The monoisotopic (exact) mass is 334 g/mol. The highest BCUT2D eigenvalue weighted by molar-refractivity contribution is 7.80. The molecule has 122 valence electrons. The smallest absolute Gasteiger partial charge is 0.171 e. The average Bonchev–Trinajstić information content (AvgIpc) is 2.49. The summed E-state index contributed by atoms with van der Waals surface area (Å²) in [4.78, 5) is 0. The summed E-state index contributed by atoms with van der Waals surface area (Å²) in [5.74, 6) is -1.34. The Kier molecular flexibility index (Phi) is 5.66. The van der Waals surface area contributed by atoms with Crippen molar-refractivity contribution in [2.24, 2.45) is 0 Å². The van der Waals surface area contributed by atoms with Crippen LogP contribution < -0.4 is 10.6 Å². The summed E-state index contributed by atoms with van der Waals surface area (Å²) in [5, 5.41) is 5.94. The van der Waals surface area contributed by atoms with Gasteiger partial charge in [0.25, 0.3) is 0 Å². The molecule has 0 aliphatic rings. The van der Waals surface area contributed by atoms with Crippen LogP contribution in [0.1, 0.15) is 36.1 Å². The van der Waals surface area contributed by atoms with Gasteiger partial charge in [-0.05, 0) is 55.7 Å². The maximum Gasteiger partial charge on any atom is 0.171 e. The highest BCUT2D eigenvalue weighted by atomic mass is 32.1. The molecule has 0 aliphatic carbocycles. The standard InChI is InChI=1S/C18H20F2N2S/c1-4-16(13-9-8-11(2)10-12(13)3)21-18(23)22-17-14(19)6-5-7-15(17)20/h5-10,16H,4H2,1-3H3,(H2,21,22,23). The number of benzene rings is 2. The molecule has 0 saturated heterocycles. The van der Waals surface area contributed by atoms with E-state index in [4.69, 9.17) is 12.2 Å². The van der Waals surface area contributed by atoms with Crippen LogP contribution in [0.15, 0.2) is 36.4 Å². The minimum absolute atomic E-state index is 0.0227. The van der Waals surface area contributed by atoms with Gasteiger partial charge in [0.2, 0.25) is 0 Å². The second kappa shape index (κ2) is 7.51. The minimum atomic E-state index is -0.672. The van der Waals surface area contributed by atoms with Gasteiger partial charge in [0.1, 0.15) is 17.3 Å². The Bertz CT molecular complexity index is 696. The zero-order chi connectivity index (χ0) is 17.0. The molecule has 0 saturated carbocycles. The first-order chi connectivity index (χ1) is 10.9. The van der Waals surface area contributed by atoms with Gasteiger partial charge in [-0.15, -0.1) is 0 Å². The molecule has 0 fully saturated rings. The normalized spacial score (nSPS) is 11.9. The van der Waals surface area contributed by atoms with Crippen molar-refractivity contribution < 1.29 is 8.78 Å². The molecular weight excluding hydrogens is 314 g/mol. The van der Waals surface area contributed by atoms with E-state index < -0.39 is 11.6 Å². The predicted octanol–water partition coefficient (Wildman–Crippen LogP) is 5.02. The number of para-hydroxylation sites is 1. The van der Waals surface area contributed by atoms with E-state index in [1.807, 2.05) is 26.8 Å². The van der Waals surface area contributed by atoms with Crippen LogP contribution in [0.5, 0.6) is 0 Å². The van der Waals surface area contributed by atoms with E-state index >= 15 is 0 Å². The van der Waals surface area contributed by atoms with Crippen molar-refractivity contribution in [3.8, 4) is 0 Å². The lowest BCUT2D eigenvalue weighted by atomic mass is 9.98. The number of nitrogens with one attached hydrogen (secondary N) is 2. The van der Waals surface area contributed by atoms with Crippen LogP contribution in [0.4, 0.5) is 14.5 Å². The summed E-state index contributed by atoms with van der Waals surface area (Å²) < 4.78 is 27.3. The fraction of sp³-hybridized carbons (Fsp3) is 0.278. The second-order valence-electron chi connectivity index (χ2n) is 5.52. The number of thiocarbonyl (C=S) groups is 1. The Morgan fingerprint density at radius 1 is 1.13 bits per heavy atom. The van der Waals surface area contributed by atoms with Crippen LogP contribution >= 0.6 is 12.2 Å². The Balaban J connectivity index is 2.14. The average molecular weight is 334 g/mol. The van der Waals surface area contributed by atoms with E-state index in [-0.39, 0.29) is 16.8 Å². The highest BCUT2D eigenvalue weighted by Crippen LogP contribution is 2.23. The lowest BCUT2D eigenvalue weighted by Gasteiger charge is -2.22. The predicted molar refractivity (Wildman–Crippen MR) is 94.7 cm³/mol. The van der Waals surface area contributed by atoms with Crippen LogP contribution in [0.2, 0.25) is 0 Å². The number of hydrogen-bond donors (Lipinski definition) is 2. The SMILES string of the molecule is CCC(NC(=S)Nc1c(F)cccc1F)c1ccc(C)cc1C. The van der Waals surface area contributed by atoms with E-state index in [0.29, 0.717) is 0 Å². The Morgan fingerprint density at radius 3 is 2.35 bits per heavy atom. The third kappa shape index (κ3) is 4.26. The van der Waals surface area contributed by atoms with Gasteiger partial charge in [-0.1, -0.05) is 36.8 Å². The number of halogens is 2. The zero-order valence-electron chi connectivity index (χ0n) is 13.4. The van der Waals surface area contributed by atoms with Crippen molar-refractivity contribution >= 4 is 23.0 Å². The first-order valence-corrected chi connectivity index (χ1v) is 7.92. The van der Waals surface area contributed by atoms with E-state index in [1.54, 1.807) is 0 Å². The van der Waals surface area contributed by atoms with Gasteiger partial charge >= 0.3 is 0 Å². The molecule has 2 nitrogen and oxygen atoms in total. The van der Waals surface area contributed by atoms with Crippen molar-refractivity contribution in [3.05, 3.63) is 64.7 Å². The molecule has 2 N–H and O–H groups in total. The number of hydrogen-bond acceptors (Lipinski definition) is 1. The molecule has 0 aliphatic heterocycles. The molecule has 0 bridgehead atoms. The number of rotatable bonds is 4. The van der Waals surface area contributed by atoms with Gasteiger partial charge in [0.15, 0.2) is 5.11 Å². The lowest BCUT2D eigenvalue weighted by molar-refractivity contribution is 0.589. The Hall–Kier alpha value is -2.01. The molecule has 0 radical (unpaired) electrons. The molecule has 0 heterocycles. The van der Waals surface area contributed by atoms with E-state index in [1.165, 1.54) is 23.8 Å². The summed E-state index contributed by atoms with van der Waals surface area (Å²) in [6, 6.07) is 9.87. The van der Waals surface area contributed by atoms with Crippen LogP contribution in [0.25, 0.3) is 0 Å². The molecule has 1 atom stereocenters. The molecule has 23 heavy (non-hydrogen) atoms. The maximum atomic E-state index is 13.7. The molecule has 5 heteroatoms. The van der Waals surface area contributed by atoms with Crippen LogP contribution in [-0.2, 0) is 0 Å². The highest BCUT2D eigenvalue weighted by Gasteiger charge is 2.15. The molecular formula is C18H20F2N2S. The molecule has 1 unspecified atom stereocenters. The first-order valence-electron chi connectivity index (χ1n) is 7.51. The molecule has 2 aromatic rings. The largest absolute Gasteiger partial charge is 0.356 e. The molecule has 0 aromatic heterocycles. The van der Waals surface area contributed by atoms with Gasteiger partial charge in [0.05, 0.1) is 6.04 Å². The number of aryl methyl sites for hydroxylation is 2. The van der Waals surface area contributed by atoms with Crippen LogP contribution in [-0.4, -0.2) is 5.11 Å². The van der Waals surface area contributed by atoms with E-state index in [0.717, 1.165) is 17.5 Å². The number of anilines is 1. The van der Waals surface area contributed by atoms with Crippen molar-refractivity contribution in [2.75, 3.05) is 5.32 Å². The van der Waals surface area contributed by atoms with Crippen molar-refractivity contribution in [1.29, 1.82) is 0 Å². The Labute approximate surface area is 140 Å². The van der Waals surface area contributed by atoms with Crippen LogP contribution in [0.3, 0.4) is 0 Å². The topological polar surface area (TPSA) is 24.1 Å². The van der Waals surface area contributed by atoms with Crippen molar-refractivity contribution in [2.45, 2.75) is 33.2 Å². The van der Waals surface area contributed by atoms with Gasteiger partial charge in [-0.3, -0.25) is 0 Å². The van der Waals surface area contributed by atoms with Crippen LogP contribution in [0, 0.1) is 25.5 Å². The summed E-state index contributed by atoms with van der Waals surface area (Å²) in [6.45, 7) is 6.11. The minimum Gasteiger partial charge on any atom is -0.356 e. The molecule has 2 rings (SSSR count). The maximum absolute atomic E-state index is 13.7. The van der Waals surface area contributed by atoms with Gasteiger partial charge in [-0.25, -0.2) is 8.78 Å². The third-order valence-electron chi connectivity index (χ3n) is 3.72. The van der Waals surface area contributed by atoms with Gasteiger partial charge in [-0.2, -0.15) is 0 Å². The van der Waals surface area contributed by atoms with E-state index in [2.05, 4.69) is 22.8 Å². The summed E-state index contributed by atoms with van der Waals surface area (Å²) in [7, 11) is 0.